The third-order valence-electron chi connectivity index (χ3n) is 4.28. The Kier molecular flexibility index (Phi) is 3.68. The van der Waals surface area contributed by atoms with Crippen molar-refractivity contribution in [2.75, 3.05) is 5.32 Å². The maximum absolute atomic E-state index is 13.6. The lowest BCUT2D eigenvalue weighted by molar-refractivity contribution is -0.120. The van der Waals surface area contributed by atoms with E-state index in [4.69, 9.17) is 0 Å². The number of nitrogens with one attached hydrogen (secondary N) is 2. The summed E-state index contributed by atoms with van der Waals surface area (Å²) in [5.74, 6) is -0.439. The molecule has 0 saturated carbocycles. The molecular formula is C19H19FN2O. The second-order valence-electron chi connectivity index (χ2n) is 6.29. The molecule has 1 amide bonds. The Morgan fingerprint density at radius 2 is 1.91 bits per heavy atom. The van der Waals surface area contributed by atoms with E-state index in [0.29, 0.717) is 0 Å². The van der Waals surface area contributed by atoms with Gasteiger partial charge in [-0.15, -0.1) is 0 Å². The van der Waals surface area contributed by atoms with Crippen LogP contribution >= 0.6 is 0 Å². The van der Waals surface area contributed by atoms with Gasteiger partial charge < -0.3 is 10.3 Å². The molecule has 3 nitrogen and oxygen atoms in total. The summed E-state index contributed by atoms with van der Waals surface area (Å²) in [7, 11) is 0. The van der Waals surface area contributed by atoms with Crippen LogP contribution in [0.4, 0.5) is 10.1 Å². The van der Waals surface area contributed by atoms with Crippen LogP contribution in [-0.2, 0) is 10.2 Å². The van der Waals surface area contributed by atoms with E-state index in [1.165, 1.54) is 12.1 Å². The summed E-state index contributed by atoms with van der Waals surface area (Å²) in [5, 5.41) is 3.70. The molecule has 2 aromatic carbocycles. The molecule has 0 atom stereocenters. The first-order valence-electron chi connectivity index (χ1n) is 7.54. The molecule has 2 N–H and O–H groups in total. The topological polar surface area (TPSA) is 44.9 Å². The molecule has 0 aliphatic carbocycles. The van der Waals surface area contributed by atoms with Gasteiger partial charge in [0.2, 0.25) is 5.91 Å². The minimum Gasteiger partial charge on any atom is -0.361 e. The Morgan fingerprint density at radius 3 is 2.65 bits per heavy atom. The van der Waals surface area contributed by atoms with Gasteiger partial charge in [-0.3, -0.25) is 4.79 Å². The van der Waals surface area contributed by atoms with Crippen molar-refractivity contribution >= 4 is 22.5 Å². The van der Waals surface area contributed by atoms with E-state index in [2.05, 4.69) is 10.3 Å². The first-order valence-corrected chi connectivity index (χ1v) is 7.54. The van der Waals surface area contributed by atoms with Crippen LogP contribution in [0.25, 0.3) is 10.9 Å². The number of fused-ring (bicyclic) bond motifs is 1. The number of aromatic amines is 1. The maximum atomic E-state index is 13.6. The van der Waals surface area contributed by atoms with Gasteiger partial charge in [0.15, 0.2) is 0 Å². The Morgan fingerprint density at radius 1 is 1.17 bits per heavy atom. The van der Waals surface area contributed by atoms with Gasteiger partial charge in [-0.2, -0.15) is 0 Å². The largest absolute Gasteiger partial charge is 0.361 e. The lowest BCUT2D eigenvalue weighted by Gasteiger charge is -2.24. The summed E-state index contributed by atoms with van der Waals surface area (Å²) in [5.41, 5.74) is 2.59. The summed E-state index contributed by atoms with van der Waals surface area (Å²) in [6.07, 6.45) is 1.78. The zero-order chi connectivity index (χ0) is 16.6. The monoisotopic (exact) mass is 310 g/mol. The van der Waals surface area contributed by atoms with Crippen LogP contribution in [-0.4, -0.2) is 10.9 Å². The quantitative estimate of drug-likeness (QED) is 0.733. The maximum Gasteiger partial charge on any atom is 0.234 e. The molecule has 0 aliphatic rings. The van der Waals surface area contributed by atoms with Crippen LogP contribution < -0.4 is 5.32 Å². The normalized spacial score (nSPS) is 11.7. The van der Waals surface area contributed by atoms with Crippen LogP contribution in [0, 0.1) is 12.7 Å². The zero-order valence-corrected chi connectivity index (χ0v) is 13.4. The zero-order valence-electron chi connectivity index (χ0n) is 13.4. The van der Waals surface area contributed by atoms with Crippen LogP contribution in [0.2, 0.25) is 0 Å². The average molecular weight is 310 g/mol. The predicted molar refractivity (Wildman–Crippen MR) is 91.1 cm³/mol. The van der Waals surface area contributed by atoms with Gasteiger partial charge in [0.05, 0.1) is 5.41 Å². The van der Waals surface area contributed by atoms with Gasteiger partial charge >= 0.3 is 0 Å². The summed E-state index contributed by atoms with van der Waals surface area (Å²) in [4.78, 5) is 15.9. The number of hydrogen-bond acceptors (Lipinski definition) is 1. The number of halogens is 1. The Hall–Kier alpha value is -2.62. The first kappa shape index (κ1) is 15.3. The van der Waals surface area contributed by atoms with E-state index in [0.717, 1.165) is 27.7 Å². The van der Waals surface area contributed by atoms with Crippen molar-refractivity contribution in [3.8, 4) is 0 Å². The minimum absolute atomic E-state index is 0.128. The van der Waals surface area contributed by atoms with Gasteiger partial charge in [-0.25, -0.2) is 4.39 Å². The number of carbonyl (C=O) groups is 1. The minimum atomic E-state index is -0.797. The molecular weight excluding hydrogens is 291 g/mol. The summed E-state index contributed by atoms with van der Waals surface area (Å²) < 4.78 is 13.6. The summed E-state index contributed by atoms with van der Waals surface area (Å²) in [6.45, 7) is 5.63. The number of anilines is 1. The van der Waals surface area contributed by atoms with Crippen molar-refractivity contribution in [1.29, 1.82) is 0 Å². The second-order valence-corrected chi connectivity index (χ2v) is 6.29. The van der Waals surface area contributed by atoms with Crippen LogP contribution in [0.3, 0.4) is 0 Å². The van der Waals surface area contributed by atoms with Crippen molar-refractivity contribution in [3.05, 3.63) is 65.6 Å². The number of rotatable bonds is 3. The third-order valence-corrected chi connectivity index (χ3v) is 4.28. The predicted octanol–water partition coefficient (Wildman–Crippen LogP) is 4.53. The molecule has 0 fully saturated rings. The van der Waals surface area contributed by atoms with E-state index in [1.807, 2.05) is 45.0 Å². The average Bonchev–Trinajstić information content (AvgIpc) is 2.93. The number of hydrogen-bond donors (Lipinski definition) is 2. The third kappa shape index (κ3) is 2.72. The highest BCUT2D eigenvalue weighted by molar-refractivity contribution is 6.02. The van der Waals surface area contributed by atoms with E-state index < -0.39 is 5.41 Å². The molecule has 0 unspecified atom stereocenters. The molecule has 0 radical (unpaired) electrons. The molecule has 3 rings (SSSR count). The highest BCUT2D eigenvalue weighted by Gasteiger charge is 2.32. The van der Waals surface area contributed by atoms with E-state index in [1.54, 1.807) is 12.3 Å². The number of carbonyl (C=O) groups excluding carboxylic acids is 1. The van der Waals surface area contributed by atoms with Crippen molar-refractivity contribution in [1.82, 2.24) is 4.98 Å². The van der Waals surface area contributed by atoms with E-state index in [-0.39, 0.29) is 11.7 Å². The fourth-order valence-corrected chi connectivity index (χ4v) is 2.72. The smallest absolute Gasteiger partial charge is 0.234 e. The molecule has 0 aliphatic heterocycles. The highest BCUT2D eigenvalue weighted by atomic mass is 19.1. The summed E-state index contributed by atoms with van der Waals surface area (Å²) >= 11 is 0. The SMILES string of the molecule is Cc1ccccc1NC(=O)C(C)(C)c1c[nH]c2ccc(F)cc12. The molecule has 0 spiro atoms. The molecule has 1 heterocycles. The molecule has 0 saturated heterocycles. The summed E-state index contributed by atoms with van der Waals surface area (Å²) in [6, 6.07) is 12.2. The number of H-pyrrole nitrogens is 1. The molecule has 3 aromatic rings. The van der Waals surface area contributed by atoms with Gasteiger partial charge in [-0.05, 0) is 56.2 Å². The standard InChI is InChI=1S/C19H19FN2O/c1-12-6-4-5-7-16(12)22-18(23)19(2,3)15-11-21-17-9-8-13(20)10-14(15)17/h4-11,21H,1-3H3,(H,22,23). The van der Waals surface area contributed by atoms with Gasteiger partial charge in [-0.1, -0.05) is 18.2 Å². The Balaban J connectivity index is 1.98. The van der Waals surface area contributed by atoms with Crippen molar-refractivity contribution in [2.24, 2.45) is 0 Å². The van der Waals surface area contributed by atoms with Gasteiger partial charge in [0, 0.05) is 22.8 Å². The Labute approximate surface area is 134 Å². The lowest BCUT2D eigenvalue weighted by atomic mass is 9.83. The first-order chi connectivity index (χ1) is 10.9. The number of aryl methyl sites for hydroxylation is 1. The van der Waals surface area contributed by atoms with Crippen LogP contribution in [0.15, 0.2) is 48.7 Å². The molecule has 118 valence electrons. The number of amides is 1. The fourth-order valence-electron chi connectivity index (χ4n) is 2.72. The number of aromatic nitrogens is 1. The van der Waals surface area contributed by atoms with E-state index >= 15 is 0 Å². The van der Waals surface area contributed by atoms with Gasteiger partial charge in [0.1, 0.15) is 5.82 Å². The van der Waals surface area contributed by atoms with Crippen LogP contribution in [0.1, 0.15) is 25.0 Å². The molecule has 4 heteroatoms. The molecule has 23 heavy (non-hydrogen) atoms. The number of benzene rings is 2. The van der Waals surface area contributed by atoms with Crippen LogP contribution in [0.5, 0.6) is 0 Å². The number of para-hydroxylation sites is 1. The van der Waals surface area contributed by atoms with Crippen molar-refractivity contribution in [3.63, 3.8) is 0 Å². The lowest BCUT2D eigenvalue weighted by Crippen LogP contribution is -2.34. The van der Waals surface area contributed by atoms with E-state index in [9.17, 15) is 9.18 Å². The molecule has 0 bridgehead atoms. The molecule has 1 aromatic heterocycles. The highest BCUT2D eigenvalue weighted by Crippen LogP contribution is 2.32. The Bertz CT molecular complexity index is 880. The fraction of sp³-hybridized carbons (Fsp3) is 0.211. The van der Waals surface area contributed by atoms with Crippen molar-refractivity contribution in [2.45, 2.75) is 26.2 Å². The van der Waals surface area contributed by atoms with Gasteiger partial charge in [0.25, 0.3) is 0 Å². The van der Waals surface area contributed by atoms with Crippen molar-refractivity contribution < 1.29 is 9.18 Å². The second kappa shape index (κ2) is 5.54.